The van der Waals surface area contributed by atoms with Crippen molar-refractivity contribution >= 4 is 17.0 Å². The molecule has 132 valence electrons. The molecule has 1 N–H and O–H groups in total. The van der Waals surface area contributed by atoms with Crippen molar-refractivity contribution in [2.24, 2.45) is 0 Å². The van der Waals surface area contributed by atoms with Crippen molar-refractivity contribution in [1.82, 2.24) is 9.88 Å². The average molecular weight is 346 g/mol. The van der Waals surface area contributed by atoms with Crippen LogP contribution in [-0.2, 0) is 11.2 Å². The molecule has 1 aromatic heterocycles. The van der Waals surface area contributed by atoms with Crippen LogP contribution in [0.3, 0.4) is 0 Å². The summed E-state index contributed by atoms with van der Waals surface area (Å²) < 4.78 is 5.63. The number of fused-ring (bicyclic) bond motifs is 3. The van der Waals surface area contributed by atoms with Gasteiger partial charge in [0.25, 0.3) is 0 Å². The van der Waals surface area contributed by atoms with E-state index in [-0.39, 0.29) is 12.1 Å². The zero-order valence-electron chi connectivity index (χ0n) is 15.2. The zero-order chi connectivity index (χ0) is 18.3. The number of hydrogen-bond donors (Lipinski definition) is 1. The largest absolute Gasteiger partial charge is 0.444 e. The second-order valence-electron chi connectivity index (χ2n) is 7.56. The molecule has 0 fully saturated rings. The number of nitrogens with zero attached hydrogens (tertiary/aromatic N) is 1. The fourth-order valence-corrected chi connectivity index (χ4v) is 3.46. The summed E-state index contributed by atoms with van der Waals surface area (Å²) in [5.74, 6) is 0. The van der Waals surface area contributed by atoms with E-state index in [1.54, 1.807) is 4.90 Å². The molecule has 26 heavy (non-hydrogen) atoms. The van der Waals surface area contributed by atoms with Gasteiger partial charge in [-0.25, -0.2) is 4.79 Å². The molecule has 2 aromatic carbocycles. The number of aromatic nitrogens is 1. The number of nitrogens with one attached hydrogen (secondary N) is 1. The van der Waals surface area contributed by atoms with Crippen molar-refractivity contribution in [3.8, 4) is 0 Å². The molecular formula is C22H22N2O2. The molecule has 0 aliphatic carbocycles. The molecule has 0 saturated carbocycles. The van der Waals surface area contributed by atoms with Crippen LogP contribution in [0.5, 0.6) is 0 Å². The van der Waals surface area contributed by atoms with Crippen LogP contribution >= 0.6 is 0 Å². The van der Waals surface area contributed by atoms with E-state index in [1.807, 2.05) is 63.2 Å². The Morgan fingerprint density at radius 3 is 2.54 bits per heavy atom. The summed E-state index contributed by atoms with van der Waals surface area (Å²) in [4.78, 5) is 18.0. The molecule has 3 aromatic rings. The van der Waals surface area contributed by atoms with Crippen LogP contribution in [0.2, 0.25) is 0 Å². The van der Waals surface area contributed by atoms with Crippen LogP contribution in [0.15, 0.2) is 54.6 Å². The molecule has 0 saturated heterocycles. The number of hydrogen-bond acceptors (Lipinski definition) is 2. The van der Waals surface area contributed by atoms with Crippen LogP contribution in [0.4, 0.5) is 4.79 Å². The maximum atomic E-state index is 12.8. The maximum absolute atomic E-state index is 12.8. The van der Waals surface area contributed by atoms with E-state index in [1.165, 1.54) is 10.9 Å². The van der Waals surface area contributed by atoms with E-state index >= 15 is 0 Å². The smallest absolute Gasteiger partial charge is 0.411 e. The Balaban J connectivity index is 1.83. The maximum Gasteiger partial charge on any atom is 0.411 e. The summed E-state index contributed by atoms with van der Waals surface area (Å²) in [6.45, 7) is 8.89. The first-order valence-electron chi connectivity index (χ1n) is 8.84. The molecule has 1 aliphatic heterocycles. The Labute approximate surface area is 153 Å². The molecule has 0 bridgehead atoms. The summed E-state index contributed by atoms with van der Waals surface area (Å²) in [5, 5.41) is 1.18. The number of carbonyl (C=O) groups excluding carboxylic acids is 1. The molecule has 1 atom stereocenters. The molecule has 4 nitrogen and oxygen atoms in total. The van der Waals surface area contributed by atoms with E-state index in [4.69, 9.17) is 4.74 Å². The summed E-state index contributed by atoms with van der Waals surface area (Å²) in [5.41, 5.74) is 3.77. The number of benzene rings is 2. The van der Waals surface area contributed by atoms with Gasteiger partial charge in [-0.05, 0) is 38.0 Å². The molecule has 1 aliphatic rings. The second-order valence-corrected chi connectivity index (χ2v) is 7.56. The minimum atomic E-state index is -0.555. The third-order valence-electron chi connectivity index (χ3n) is 4.51. The number of amides is 1. The molecule has 1 amide bonds. The Bertz CT molecular complexity index is 938. The number of para-hydroxylation sites is 1. The topological polar surface area (TPSA) is 45.3 Å². The average Bonchev–Trinajstić information content (AvgIpc) is 2.99. The molecular weight excluding hydrogens is 324 g/mol. The minimum Gasteiger partial charge on any atom is -0.444 e. The van der Waals surface area contributed by atoms with Crippen molar-refractivity contribution in [1.29, 1.82) is 0 Å². The van der Waals surface area contributed by atoms with Crippen LogP contribution in [-0.4, -0.2) is 21.6 Å². The molecule has 4 rings (SSSR count). The SMILES string of the molecule is CC(C)(C)OC(=O)N1[C]Cc2c([nH]c3ccccc23)C1c1ccccc1. The first-order valence-corrected chi connectivity index (χ1v) is 8.84. The van der Waals surface area contributed by atoms with Gasteiger partial charge in [-0.2, -0.15) is 0 Å². The third kappa shape index (κ3) is 2.96. The van der Waals surface area contributed by atoms with Gasteiger partial charge in [0.05, 0.1) is 0 Å². The van der Waals surface area contributed by atoms with Crippen LogP contribution in [0.25, 0.3) is 10.9 Å². The second kappa shape index (κ2) is 6.20. The predicted octanol–water partition coefficient (Wildman–Crippen LogP) is 5.09. The van der Waals surface area contributed by atoms with Crippen molar-refractivity contribution < 1.29 is 9.53 Å². The Morgan fingerprint density at radius 1 is 1.12 bits per heavy atom. The Morgan fingerprint density at radius 2 is 1.81 bits per heavy atom. The lowest BCUT2D eigenvalue weighted by atomic mass is 9.93. The first-order chi connectivity index (χ1) is 12.4. The third-order valence-corrected chi connectivity index (χ3v) is 4.51. The van der Waals surface area contributed by atoms with Crippen molar-refractivity contribution in [3.05, 3.63) is 78.0 Å². The number of rotatable bonds is 1. The van der Waals surface area contributed by atoms with E-state index in [0.717, 1.165) is 16.8 Å². The van der Waals surface area contributed by atoms with Gasteiger partial charge in [-0.15, -0.1) is 0 Å². The molecule has 2 radical (unpaired) electrons. The van der Waals surface area contributed by atoms with E-state index in [2.05, 4.69) is 23.7 Å². The normalized spacial score (nSPS) is 17.2. The van der Waals surface area contributed by atoms with E-state index in [0.29, 0.717) is 6.42 Å². The fraction of sp³-hybridized carbons (Fsp3) is 0.273. The highest BCUT2D eigenvalue weighted by molar-refractivity contribution is 5.86. The van der Waals surface area contributed by atoms with Gasteiger partial charge < -0.3 is 9.72 Å². The highest BCUT2D eigenvalue weighted by atomic mass is 16.6. The molecule has 0 spiro atoms. The van der Waals surface area contributed by atoms with Gasteiger partial charge in [0, 0.05) is 23.0 Å². The van der Waals surface area contributed by atoms with Gasteiger partial charge in [-0.1, -0.05) is 48.5 Å². The lowest BCUT2D eigenvalue weighted by Gasteiger charge is -2.36. The lowest BCUT2D eigenvalue weighted by molar-refractivity contribution is 0.0238. The van der Waals surface area contributed by atoms with Crippen molar-refractivity contribution in [3.63, 3.8) is 0 Å². The van der Waals surface area contributed by atoms with Crippen molar-refractivity contribution in [2.45, 2.75) is 38.8 Å². The summed E-state index contributed by atoms with van der Waals surface area (Å²) in [6, 6.07) is 18.0. The monoisotopic (exact) mass is 346 g/mol. The van der Waals surface area contributed by atoms with E-state index in [9.17, 15) is 4.79 Å². The quantitative estimate of drug-likeness (QED) is 0.667. The number of ether oxygens (including phenoxy) is 1. The highest BCUT2D eigenvalue weighted by Crippen LogP contribution is 2.40. The van der Waals surface area contributed by atoms with Gasteiger partial charge in [-0.3, -0.25) is 4.90 Å². The predicted molar refractivity (Wildman–Crippen MR) is 102 cm³/mol. The highest BCUT2D eigenvalue weighted by Gasteiger charge is 2.37. The number of H-pyrrole nitrogens is 1. The van der Waals surface area contributed by atoms with Crippen LogP contribution in [0, 0.1) is 6.54 Å². The van der Waals surface area contributed by atoms with Crippen LogP contribution in [0.1, 0.15) is 43.6 Å². The lowest BCUT2D eigenvalue weighted by Crippen LogP contribution is -2.40. The molecule has 4 heteroatoms. The molecule has 2 heterocycles. The summed E-state index contributed by atoms with van der Waals surface area (Å²) in [7, 11) is 0. The minimum absolute atomic E-state index is 0.276. The number of carbonyl (C=O) groups is 1. The summed E-state index contributed by atoms with van der Waals surface area (Å²) in [6.07, 6.45) is 0.192. The first kappa shape index (κ1) is 16.7. The molecule has 1 unspecified atom stereocenters. The number of aromatic amines is 1. The van der Waals surface area contributed by atoms with Crippen molar-refractivity contribution in [2.75, 3.05) is 0 Å². The van der Waals surface area contributed by atoms with E-state index < -0.39 is 5.60 Å². The Kier molecular flexibility index (Phi) is 3.98. The zero-order valence-corrected chi connectivity index (χ0v) is 15.2. The van der Waals surface area contributed by atoms with Gasteiger partial charge in [0.15, 0.2) is 0 Å². The summed E-state index contributed by atoms with van der Waals surface area (Å²) >= 11 is 0. The standard InChI is InChI=1S/C22H22N2O2/c1-22(2,3)26-21(25)24-14-13-17-16-11-7-8-12-18(16)23-19(17)20(24)15-9-5-4-6-10-15/h4-12,20,23H,13H2,1-3H3. The van der Waals surface area contributed by atoms with Gasteiger partial charge >= 0.3 is 6.09 Å². The fourth-order valence-electron chi connectivity index (χ4n) is 3.46. The Hall–Kier alpha value is -2.75. The van der Waals surface area contributed by atoms with Crippen LogP contribution < -0.4 is 0 Å². The van der Waals surface area contributed by atoms with Gasteiger partial charge in [0.1, 0.15) is 18.2 Å². The van der Waals surface area contributed by atoms with Gasteiger partial charge in [0.2, 0.25) is 0 Å².